The number of primary amides is 1. The first-order chi connectivity index (χ1) is 14.2. The molecular formula is C22H19N5OS. The molecule has 0 saturated carbocycles. The third-order valence-electron chi connectivity index (χ3n) is 4.45. The fourth-order valence-corrected chi connectivity index (χ4v) is 3.83. The molecule has 144 valence electrons. The van der Waals surface area contributed by atoms with Crippen molar-refractivity contribution in [2.75, 3.05) is 0 Å². The third-order valence-corrected chi connectivity index (χ3v) is 5.48. The summed E-state index contributed by atoms with van der Waals surface area (Å²) < 4.78 is 2.12. The smallest absolute Gasteiger partial charge is 0.248 e. The molecule has 2 aromatic heterocycles. The fourth-order valence-electron chi connectivity index (χ4n) is 2.93. The molecule has 29 heavy (non-hydrogen) atoms. The van der Waals surface area contributed by atoms with Gasteiger partial charge in [-0.05, 0) is 35.4 Å². The highest BCUT2D eigenvalue weighted by atomic mass is 32.2. The molecule has 2 heterocycles. The molecule has 1 amide bonds. The summed E-state index contributed by atoms with van der Waals surface area (Å²) >= 11 is 1.61. The molecule has 0 radical (unpaired) electrons. The van der Waals surface area contributed by atoms with Crippen molar-refractivity contribution < 1.29 is 4.79 Å². The quantitative estimate of drug-likeness (QED) is 0.476. The van der Waals surface area contributed by atoms with Crippen LogP contribution < -0.4 is 5.73 Å². The van der Waals surface area contributed by atoms with Gasteiger partial charge in [0.1, 0.15) is 0 Å². The Hall–Kier alpha value is -3.45. The van der Waals surface area contributed by atoms with Gasteiger partial charge in [0.15, 0.2) is 11.0 Å². The molecule has 0 fully saturated rings. The van der Waals surface area contributed by atoms with E-state index >= 15 is 0 Å². The number of carbonyl (C=O) groups is 1. The zero-order valence-electron chi connectivity index (χ0n) is 15.6. The van der Waals surface area contributed by atoms with Crippen molar-refractivity contribution >= 4 is 17.7 Å². The van der Waals surface area contributed by atoms with Crippen LogP contribution >= 0.6 is 11.8 Å². The molecule has 0 aliphatic rings. The van der Waals surface area contributed by atoms with Crippen LogP contribution in [0, 0.1) is 0 Å². The highest BCUT2D eigenvalue weighted by molar-refractivity contribution is 7.98. The Morgan fingerprint density at radius 1 is 0.897 bits per heavy atom. The summed E-state index contributed by atoms with van der Waals surface area (Å²) in [6, 6.07) is 21.4. The van der Waals surface area contributed by atoms with E-state index in [1.54, 1.807) is 36.3 Å². The van der Waals surface area contributed by atoms with Gasteiger partial charge in [-0.3, -0.25) is 14.3 Å². The lowest BCUT2D eigenvalue weighted by molar-refractivity contribution is 0.100. The molecule has 0 bridgehead atoms. The molecular weight excluding hydrogens is 382 g/mol. The van der Waals surface area contributed by atoms with E-state index in [4.69, 9.17) is 5.73 Å². The van der Waals surface area contributed by atoms with Crippen molar-refractivity contribution in [3.8, 4) is 11.4 Å². The first-order valence-electron chi connectivity index (χ1n) is 9.10. The van der Waals surface area contributed by atoms with Crippen LogP contribution in [0.25, 0.3) is 11.4 Å². The molecule has 0 aliphatic heterocycles. The second-order valence-corrected chi connectivity index (χ2v) is 7.41. The molecule has 0 aliphatic carbocycles. The van der Waals surface area contributed by atoms with Crippen LogP contribution in [0.3, 0.4) is 0 Å². The lowest BCUT2D eigenvalue weighted by atomic mass is 10.1. The summed E-state index contributed by atoms with van der Waals surface area (Å²) in [4.78, 5) is 15.3. The Kier molecular flexibility index (Phi) is 5.67. The maximum absolute atomic E-state index is 11.2. The fraction of sp³-hybridized carbons (Fsp3) is 0.0909. The second kappa shape index (κ2) is 8.70. The molecule has 2 N–H and O–H groups in total. The number of aromatic nitrogens is 4. The van der Waals surface area contributed by atoms with Crippen LogP contribution in [-0.4, -0.2) is 25.7 Å². The molecule has 0 spiro atoms. The van der Waals surface area contributed by atoms with E-state index in [2.05, 4.69) is 31.9 Å². The Morgan fingerprint density at radius 2 is 1.62 bits per heavy atom. The van der Waals surface area contributed by atoms with Gasteiger partial charge in [0, 0.05) is 29.3 Å². The number of carbonyl (C=O) groups excluding carboxylic acids is 1. The van der Waals surface area contributed by atoms with Gasteiger partial charge in [-0.15, -0.1) is 10.2 Å². The van der Waals surface area contributed by atoms with E-state index < -0.39 is 5.91 Å². The Balaban J connectivity index is 1.60. The number of rotatable bonds is 7. The number of amides is 1. The van der Waals surface area contributed by atoms with Gasteiger partial charge in [0.05, 0.1) is 6.54 Å². The first kappa shape index (κ1) is 18.9. The van der Waals surface area contributed by atoms with E-state index in [0.717, 1.165) is 22.1 Å². The lowest BCUT2D eigenvalue weighted by Gasteiger charge is -2.10. The molecule has 6 nitrogen and oxygen atoms in total. The standard InChI is InChI=1S/C22H19N5OS/c23-20(28)18-8-6-17(7-9-18)15-29-22-26-25-21(19-10-12-24-13-11-19)27(22)14-16-4-2-1-3-5-16/h1-13H,14-15H2,(H2,23,28). The lowest BCUT2D eigenvalue weighted by Crippen LogP contribution is -2.10. The minimum Gasteiger partial charge on any atom is -0.366 e. The van der Waals surface area contributed by atoms with Crippen molar-refractivity contribution in [2.45, 2.75) is 17.5 Å². The normalized spacial score (nSPS) is 10.8. The van der Waals surface area contributed by atoms with Gasteiger partial charge < -0.3 is 5.73 Å². The molecule has 4 rings (SSSR count). The van der Waals surface area contributed by atoms with Crippen molar-refractivity contribution in [1.29, 1.82) is 0 Å². The zero-order chi connectivity index (χ0) is 20.1. The van der Waals surface area contributed by atoms with Crippen LogP contribution in [0.2, 0.25) is 0 Å². The number of nitrogens with zero attached hydrogens (tertiary/aromatic N) is 4. The van der Waals surface area contributed by atoms with E-state index in [1.807, 2.05) is 42.5 Å². The number of hydrogen-bond acceptors (Lipinski definition) is 5. The number of benzene rings is 2. The number of thioether (sulfide) groups is 1. The average molecular weight is 401 g/mol. The maximum atomic E-state index is 11.2. The van der Waals surface area contributed by atoms with Crippen molar-refractivity contribution in [2.24, 2.45) is 5.73 Å². The summed E-state index contributed by atoms with van der Waals surface area (Å²) in [6.45, 7) is 0.675. The highest BCUT2D eigenvalue weighted by Crippen LogP contribution is 2.27. The molecule has 0 atom stereocenters. The maximum Gasteiger partial charge on any atom is 0.248 e. The van der Waals surface area contributed by atoms with E-state index in [1.165, 1.54) is 5.56 Å². The minimum atomic E-state index is -0.422. The van der Waals surface area contributed by atoms with Gasteiger partial charge in [-0.25, -0.2) is 0 Å². The Labute approximate surface area is 172 Å². The largest absolute Gasteiger partial charge is 0.366 e. The monoisotopic (exact) mass is 401 g/mol. The van der Waals surface area contributed by atoms with E-state index in [-0.39, 0.29) is 0 Å². The van der Waals surface area contributed by atoms with Crippen LogP contribution in [0.5, 0.6) is 0 Å². The van der Waals surface area contributed by atoms with Gasteiger partial charge >= 0.3 is 0 Å². The summed E-state index contributed by atoms with van der Waals surface area (Å²) in [6.07, 6.45) is 3.51. The Bertz CT molecular complexity index is 1100. The van der Waals surface area contributed by atoms with Gasteiger partial charge in [-0.2, -0.15) is 0 Å². The predicted molar refractivity (Wildman–Crippen MR) is 113 cm³/mol. The number of hydrogen-bond donors (Lipinski definition) is 1. The van der Waals surface area contributed by atoms with E-state index in [9.17, 15) is 4.79 Å². The summed E-state index contributed by atoms with van der Waals surface area (Å²) in [5.41, 5.74) is 9.05. The molecule has 0 saturated heterocycles. The SMILES string of the molecule is NC(=O)c1ccc(CSc2nnc(-c3ccncc3)n2Cc2ccccc2)cc1. The van der Waals surface area contributed by atoms with Crippen LogP contribution in [0.1, 0.15) is 21.5 Å². The van der Waals surface area contributed by atoms with Crippen molar-refractivity contribution in [3.05, 3.63) is 95.8 Å². The number of nitrogens with two attached hydrogens (primary N) is 1. The van der Waals surface area contributed by atoms with Gasteiger partial charge in [-0.1, -0.05) is 54.2 Å². The summed E-state index contributed by atoms with van der Waals surface area (Å²) in [7, 11) is 0. The van der Waals surface area contributed by atoms with Crippen molar-refractivity contribution in [1.82, 2.24) is 19.7 Å². The molecule has 2 aromatic carbocycles. The Morgan fingerprint density at radius 3 is 2.31 bits per heavy atom. The topological polar surface area (TPSA) is 86.7 Å². The average Bonchev–Trinajstić information content (AvgIpc) is 3.16. The second-order valence-electron chi connectivity index (χ2n) is 6.46. The van der Waals surface area contributed by atoms with Gasteiger partial charge in [0.2, 0.25) is 5.91 Å². The highest BCUT2D eigenvalue weighted by Gasteiger charge is 2.15. The molecule has 7 heteroatoms. The van der Waals surface area contributed by atoms with Crippen LogP contribution in [0.15, 0.2) is 84.3 Å². The molecule has 0 unspecified atom stereocenters. The van der Waals surface area contributed by atoms with Crippen molar-refractivity contribution in [3.63, 3.8) is 0 Å². The van der Waals surface area contributed by atoms with Crippen LogP contribution in [0.4, 0.5) is 0 Å². The van der Waals surface area contributed by atoms with Gasteiger partial charge in [0.25, 0.3) is 0 Å². The zero-order valence-corrected chi connectivity index (χ0v) is 16.4. The summed E-state index contributed by atoms with van der Waals surface area (Å²) in [5.74, 6) is 1.10. The first-order valence-corrected chi connectivity index (χ1v) is 10.1. The molecule has 4 aromatic rings. The minimum absolute atomic E-state index is 0.422. The van der Waals surface area contributed by atoms with E-state index in [0.29, 0.717) is 17.9 Å². The number of pyridine rings is 1. The van der Waals surface area contributed by atoms with Crippen LogP contribution in [-0.2, 0) is 12.3 Å². The third kappa shape index (κ3) is 4.52. The summed E-state index contributed by atoms with van der Waals surface area (Å²) in [5, 5.41) is 9.70. The predicted octanol–water partition coefficient (Wildman–Crippen LogP) is 3.78.